The van der Waals surface area contributed by atoms with Crippen molar-refractivity contribution in [2.45, 2.75) is 33.2 Å². The summed E-state index contributed by atoms with van der Waals surface area (Å²) in [6.07, 6.45) is 0.339. The first-order chi connectivity index (χ1) is 6.67. The van der Waals surface area contributed by atoms with Crippen LogP contribution in [-0.2, 0) is 10.1 Å². The second-order valence-corrected chi connectivity index (χ2v) is 6.27. The van der Waals surface area contributed by atoms with Crippen molar-refractivity contribution in [3.05, 3.63) is 0 Å². The minimum atomic E-state index is -3.87. The topological polar surface area (TPSA) is 86.6 Å². The number of hydrogen-bond donors (Lipinski definition) is 3. The Kier molecular flexibility index (Phi) is 5.72. The smallest absolute Gasteiger partial charge is 0.264 e. The summed E-state index contributed by atoms with van der Waals surface area (Å²) < 4.78 is 29.3. The molecule has 0 radical (unpaired) electrons. The lowest BCUT2D eigenvalue weighted by Crippen LogP contribution is -2.43. The molecule has 5 nitrogen and oxygen atoms in total. The Bertz CT molecular complexity index is 268. The van der Waals surface area contributed by atoms with Crippen molar-refractivity contribution in [2.24, 2.45) is 5.41 Å². The Morgan fingerprint density at radius 2 is 1.87 bits per heavy atom. The predicted molar refractivity (Wildman–Crippen MR) is 59.4 cm³/mol. The fourth-order valence-electron chi connectivity index (χ4n) is 1.18. The van der Waals surface area contributed by atoms with Gasteiger partial charge < -0.3 is 10.4 Å². The lowest BCUT2D eigenvalue weighted by atomic mass is 9.87. The van der Waals surface area contributed by atoms with Gasteiger partial charge in [-0.1, -0.05) is 20.8 Å². The van der Waals surface area contributed by atoms with Crippen molar-refractivity contribution in [3.8, 4) is 0 Å². The molecule has 0 aromatic heterocycles. The van der Waals surface area contributed by atoms with Crippen LogP contribution in [0.5, 0.6) is 0 Å². The van der Waals surface area contributed by atoms with Gasteiger partial charge in [-0.2, -0.15) is 8.42 Å². The minimum Gasteiger partial charge on any atom is -0.395 e. The molecule has 1 atom stereocenters. The predicted octanol–water partition coefficient (Wildman–Crippen LogP) is 0.261. The second kappa shape index (κ2) is 5.79. The Hall–Kier alpha value is -0.170. The van der Waals surface area contributed by atoms with Crippen LogP contribution >= 0.6 is 0 Å². The highest BCUT2D eigenvalue weighted by atomic mass is 32.2. The Balaban J connectivity index is 3.85. The molecule has 0 aromatic rings. The molecule has 0 aromatic carbocycles. The second-order valence-electron chi connectivity index (χ2n) is 4.69. The zero-order valence-electron chi connectivity index (χ0n) is 9.52. The highest BCUT2D eigenvalue weighted by Crippen LogP contribution is 2.18. The van der Waals surface area contributed by atoms with E-state index in [-0.39, 0.29) is 23.8 Å². The van der Waals surface area contributed by atoms with E-state index >= 15 is 0 Å². The van der Waals surface area contributed by atoms with Gasteiger partial charge in [-0.3, -0.25) is 4.55 Å². The summed E-state index contributed by atoms with van der Waals surface area (Å²) in [5, 5.41) is 12.1. The standard InChI is InChI=1S/C9H21NO4S/c1-9(2,3)8(7-11)10-5-4-6-15(12,13)14/h8,10-11H,4-7H2,1-3H3,(H,12,13,14)/t8-/m0/s1. The highest BCUT2D eigenvalue weighted by molar-refractivity contribution is 7.85. The Morgan fingerprint density at radius 3 is 2.20 bits per heavy atom. The molecule has 0 rings (SSSR count). The number of hydrogen-bond acceptors (Lipinski definition) is 4. The van der Waals surface area contributed by atoms with E-state index in [1.807, 2.05) is 20.8 Å². The van der Waals surface area contributed by atoms with Crippen molar-refractivity contribution in [3.63, 3.8) is 0 Å². The molecule has 3 N–H and O–H groups in total. The fraction of sp³-hybridized carbons (Fsp3) is 1.00. The first-order valence-electron chi connectivity index (χ1n) is 4.96. The van der Waals surface area contributed by atoms with Crippen LogP contribution in [0.1, 0.15) is 27.2 Å². The van der Waals surface area contributed by atoms with Gasteiger partial charge in [-0.15, -0.1) is 0 Å². The van der Waals surface area contributed by atoms with Gasteiger partial charge in [0.05, 0.1) is 12.4 Å². The van der Waals surface area contributed by atoms with E-state index in [0.717, 1.165) is 0 Å². The average Bonchev–Trinajstić information content (AvgIpc) is 1.99. The lowest BCUT2D eigenvalue weighted by Gasteiger charge is -2.29. The zero-order valence-corrected chi connectivity index (χ0v) is 10.3. The van der Waals surface area contributed by atoms with Gasteiger partial charge in [-0.05, 0) is 18.4 Å². The number of aliphatic hydroxyl groups is 1. The molecular weight excluding hydrogens is 218 g/mol. The van der Waals surface area contributed by atoms with Gasteiger partial charge in [0, 0.05) is 6.04 Å². The summed E-state index contributed by atoms with van der Waals surface area (Å²) in [4.78, 5) is 0. The van der Waals surface area contributed by atoms with Crippen LogP contribution in [0.2, 0.25) is 0 Å². The maximum absolute atomic E-state index is 10.4. The van der Waals surface area contributed by atoms with E-state index in [1.165, 1.54) is 0 Å². The number of rotatable bonds is 6. The van der Waals surface area contributed by atoms with Crippen LogP contribution in [0.4, 0.5) is 0 Å². The summed E-state index contributed by atoms with van der Waals surface area (Å²) in [5.41, 5.74) is -0.0765. The van der Waals surface area contributed by atoms with Gasteiger partial charge in [0.15, 0.2) is 0 Å². The van der Waals surface area contributed by atoms with E-state index in [2.05, 4.69) is 5.32 Å². The van der Waals surface area contributed by atoms with Gasteiger partial charge in [0.25, 0.3) is 10.1 Å². The summed E-state index contributed by atoms with van der Waals surface area (Å²) in [6.45, 7) is 6.44. The SMILES string of the molecule is CC(C)(C)[C@H](CO)NCCCS(=O)(=O)O. The van der Waals surface area contributed by atoms with Crippen molar-refractivity contribution in [1.82, 2.24) is 5.32 Å². The van der Waals surface area contributed by atoms with E-state index in [4.69, 9.17) is 9.66 Å². The molecule has 0 saturated heterocycles. The molecule has 0 saturated carbocycles. The molecule has 0 aliphatic rings. The third-order valence-corrected chi connectivity index (χ3v) is 3.00. The molecule has 0 fully saturated rings. The summed E-state index contributed by atoms with van der Waals surface area (Å²) in [6, 6.07) is -0.0705. The van der Waals surface area contributed by atoms with Crippen LogP contribution in [0.3, 0.4) is 0 Å². The van der Waals surface area contributed by atoms with Gasteiger partial charge in [0.2, 0.25) is 0 Å². The molecule has 0 aliphatic heterocycles. The zero-order chi connectivity index (χ0) is 12.1. The molecule has 0 amide bonds. The van der Waals surface area contributed by atoms with E-state index < -0.39 is 10.1 Å². The average molecular weight is 239 g/mol. The quantitative estimate of drug-likeness (QED) is 0.457. The van der Waals surface area contributed by atoms with Crippen molar-refractivity contribution in [1.29, 1.82) is 0 Å². The number of aliphatic hydroxyl groups excluding tert-OH is 1. The largest absolute Gasteiger partial charge is 0.395 e. The van der Waals surface area contributed by atoms with E-state index in [0.29, 0.717) is 13.0 Å². The third kappa shape index (κ3) is 7.72. The Labute approximate surface area is 91.6 Å². The highest BCUT2D eigenvalue weighted by Gasteiger charge is 2.22. The molecule has 0 aliphatic carbocycles. The van der Waals surface area contributed by atoms with Crippen molar-refractivity contribution in [2.75, 3.05) is 18.9 Å². The molecule has 0 spiro atoms. The normalized spacial score (nSPS) is 15.3. The third-order valence-electron chi connectivity index (χ3n) is 2.20. The maximum atomic E-state index is 10.4. The van der Waals surface area contributed by atoms with Gasteiger partial charge in [-0.25, -0.2) is 0 Å². The minimum absolute atomic E-state index is 0.00930. The molecule has 6 heteroatoms. The van der Waals surface area contributed by atoms with Crippen molar-refractivity contribution >= 4 is 10.1 Å². The molecule has 15 heavy (non-hydrogen) atoms. The number of nitrogens with one attached hydrogen (secondary N) is 1. The van der Waals surface area contributed by atoms with Crippen LogP contribution < -0.4 is 5.32 Å². The molecule has 92 valence electrons. The van der Waals surface area contributed by atoms with Crippen molar-refractivity contribution < 1.29 is 18.1 Å². The Morgan fingerprint density at radius 1 is 1.33 bits per heavy atom. The van der Waals surface area contributed by atoms with Gasteiger partial charge in [0.1, 0.15) is 0 Å². The molecular formula is C9H21NO4S. The lowest BCUT2D eigenvalue weighted by molar-refractivity contribution is 0.159. The first kappa shape index (κ1) is 14.8. The van der Waals surface area contributed by atoms with E-state index in [9.17, 15) is 8.42 Å². The van der Waals surface area contributed by atoms with E-state index in [1.54, 1.807) is 0 Å². The van der Waals surface area contributed by atoms with Crippen LogP contribution in [0.15, 0.2) is 0 Å². The van der Waals surface area contributed by atoms with Crippen LogP contribution in [-0.4, -0.2) is 43.0 Å². The maximum Gasteiger partial charge on any atom is 0.264 e. The van der Waals surface area contributed by atoms with Crippen LogP contribution in [0, 0.1) is 5.41 Å². The first-order valence-corrected chi connectivity index (χ1v) is 6.57. The summed E-state index contributed by atoms with van der Waals surface area (Å²) >= 11 is 0. The van der Waals surface area contributed by atoms with Crippen LogP contribution in [0.25, 0.3) is 0 Å². The van der Waals surface area contributed by atoms with Gasteiger partial charge >= 0.3 is 0 Å². The monoisotopic (exact) mass is 239 g/mol. The summed E-state index contributed by atoms with van der Waals surface area (Å²) in [7, 11) is -3.87. The molecule has 0 bridgehead atoms. The summed E-state index contributed by atoms with van der Waals surface area (Å²) in [5.74, 6) is -0.248. The molecule has 0 unspecified atom stereocenters. The molecule has 0 heterocycles. The fourth-order valence-corrected chi connectivity index (χ4v) is 1.68.